The molecule has 100 valence electrons. The molecule has 0 fully saturated rings. The molecule has 1 aromatic carbocycles. The molecule has 0 aliphatic carbocycles. The fourth-order valence-corrected chi connectivity index (χ4v) is 1.74. The van der Waals surface area contributed by atoms with Gasteiger partial charge in [0.1, 0.15) is 11.5 Å². The summed E-state index contributed by atoms with van der Waals surface area (Å²) >= 11 is 0. The van der Waals surface area contributed by atoms with Crippen LogP contribution in [-0.2, 0) is 9.53 Å². The highest BCUT2D eigenvalue weighted by Crippen LogP contribution is 2.32. The van der Waals surface area contributed by atoms with Crippen LogP contribution in [0.15, 0.2) is 12.1 Å². The Balaban J connectivity index is 3.08. The van der Waals surface area contributed by atoms with Gasteiger partial charge < -0.3 is 19.9 Å². The van der Waals surface area contributed by atoms with Crippen molar-refractivity contribution in [2.75, 3.05) is 21.3 Å². The van der Waals surface area contributed by atoms with Gasteiger partial charge in [-0.1, -0.05) is 0 Å². The van der Waals surface area contributed by atoms with E-state index < -0.39 is 6.04 Å². The first-order valence-electron chi connectivity index (χ1n) is 5.58. The second kappa shape index (κ2) is 6.26. The predicted octanol–water partition coefficient (Wildman–Crippen LogP) is 1.58. The monoisotopic (exact) mass is 253 g/mol. The molecule has 0 spiro atoms. The molecule has 0 amide bonds. The van der Waals surface area contributed by atoms with Crippen molar-refractivity contribution in [3.8, 4) is 11.5 Å². The normalized spacial score (nSPS) is 11.8. The molecule has 5 nitrogen and oxygen atoms in total. The summed E-state index contributed by atoms with van der Waals surface area (Å²) < 4.78 is 15.1. The molecule has 1 unspecified atom stereocenters. The third kappa shape index (κ3) is 3.13. The van der Waals surface area contributed by atoms with Gasteiger partial charge in [0.05, 0.1) is 27.8 Å². The summed E-state index contributed by atoms with van der Waals surface area (Å²) in [7, 11) is 4.49. The maximum absolute atomic E-state index is 11.2. The van der Waals surface area contributed by atoms with Crippen molar-refractivity contribution in [2.24, 2.45) is 5.73 Å². The molecule has 0 aromatic heterocycles. The van der Waals surface area contributed by atoms with Gasteiger partial charge in [0.2, 0.25) is 0 Å². The Bertz CT molecular complexity index is 431. The zero-order valence-electron chi connectivity index (χ0n) is 11.1. The summed E-state index contributed by atoms with van der Waals surface area (Å²) in [4.78, 5) is 11.2. The second-order valence-corrected chi connectivity index (χ2v) is 3.95. The van der Waals surface area contributed by atoms with E-state index in [-0.39, 0.29) is 12.4 Å². The van der Waals surface area contributed by atoms with Crippen LogP contribution in [0.1, 0.15) is 23.6 Å². The van der Waals surface area contributed by atoms with Crippen molar-refractivity contribution in [3.05, 3.63) is 23.3 Å². The SMILES string of the molecule is COC(=O)CC(N)c1cc(OC)c(C)cc1OC. The Hall–Kier alpha value is -1.75. The topological polar surface area (TPSA) is 70.8 Å². The average molecular weight is 253 g/mol. The summed E-state index contributed by atoms with van der Waals surface area (Å²) in [5, 5.41) is 0. The van der Waals surface area contributed by atoms with Gasteiger partial charge in [-0.3, -0.25) is 4.79 Å². The molecule has 0 radical (unpaired) electrons. The quantitative estimate of drug-likeness (QED) is 0.807. The van der Waals surface area contributed by atoms with E-state index in [1.54, 1.807) is 20.3 Å². The van der Waals surface area contributed by atoms with Crippen LogP contribution in [0.3, 0.4) is 0 Å². The number of carbonyl (C=O) groups is 1. The molecule has 1 aromatic rings. The van der Waals surface area contributed by atoms with E-state index in [9.17, 15) is 4.79 Å². The van der Waals surface area contributed by atoms with Crippen molar-refractivity contribution in [3.63, 3.8) is 0 Å². The summed E-state index contributed by atoms with van der Waals surface area (Å²) in [6.45, 7) is 1.91. The van der Waals surface area contributed by atoms with Crippen molar-refractivity contribution in [1.82, 2.24) is 0 Å². The van der Waals surface area contributed by atoms with Crippen LogP contribution in [0.5, 0.6) is 11.5 Å². The van der Waals surface area contributed by atoms with E-state index in [1.807, 2.05) is 13.0 Å². The second-order valence-electron chi connectivity index (χ2n) is 3.95. The number of ether oxygens (including phenoxy) is 3. The van der Waals surface area contributed by atoms with Crippen LogP contribution in [0.25, 0.3) is 0 Å². The van der Waals surface area contributed by atoms with Crippen LogP contribution in [-0.4, -0.2) is 27.3 Å². The molecule has 0 saturated heterocycles. The Morgan fingerprint density at radius 2 is 1.83 bits per heavy atom. The summed E-state index contributed by atoms with van der Waals surface area (Å²) in [6.07, 6.45) is 0.0963. The first kappa shape index (κ1) is 14.3. The number of hydrogen-bond acceptors (Lipinski definition) is 5. The highest BCUT2D eigenvalue weighted by Gasteiger charge is 2.18. The molecule has 0 aliphatic rings. The molecule has 0 heterocycles. The molecule has 0 aliphatic heterocycles. The van der Waals surface area contributed by atoms with Gasteiger partial charge in [0.15, 0.2) is 0 Å². The van der Waals surface area contributed by atoms with Crippen LogP contribution < -0.4 is 15.2 Å². The molecule has 0 bridgehead atoms. The molecule has 18 heavy (non-hydrogen) atoms. The highest BCUT2D eigenvalue weighted by atomic mass is 16.5. The zero-order valence-corrected chi connectivity index (χ0v) is 11.1. The number of rotatable bonds is 5. The number of carbonyl (C=O) groups excluding carboxylic acids is 1. The number of aryl methyl sites for hydroxylation is 1. The maximum atomic E-state index is 11.2. The molecule has 5 heteroatoms. The van der Waals surface area contributed by atoms with E-state index >= 15 is 0 Å². The van der Waals surface area contributed by atoms with Crippen LogP contribution >= 0.6 is 0 Å². The first-order valence-corrected chi connectivity index (χ1v) is 5.58. The Morgan fingerprint density at radius 3 is 2.33 bits per heavy atom. The minimum Gasteiger partial charge on any atom is -0.496 e. The molecule has 1 atom stereocenters. The Kier molecular flexibility index (Phi) is 4.97. The number of methoxy groups -OCH3 is 3. The molecular weight excluding hydrogens is 234 g/mol. The predicted molar refractivity (Wildman–Crippen MR) is 67.8 cm³/mol. The van der Waals surface area contributed by atoms with E-state index in [2.05, 4.69) is 4.74 Å². The average Bonchev–Trinajstić information content (AvgIpc) is 2.37. The lowest BCUT2D eigenvalue weighted by Gasteiger charge is -2.17. The summed E-state index contributed by atoms with van der Waals surface area (Å²) in [5.41, 5.74) is 7.66. The molecule has 0 saturated carbocycles. The number of esters is 1. The lowest BCUT2D eigenvalue weighted by Crippen LogP contribution is -2.17. The van der Waals surface area contributed by atoms with E-state index in [1.165, 1.54) is 7.11 Å². The van der Waals surface area contributed by atoms with Crippen molar-refractivity contribution < 1.29 is 19.0 Å². The third-order valence-corrected chi connectivity index (χ3v) is 2.76. The summed E-state index contributed by atoms with van der Waals surface area (Å²) in [5.74, 6) is 1.000. The molecule has 1 rings (SSSR count). The third-order valence-electron chi connectivity index (χ3n) is 2.76. The number of hydrogen-bond donors (Lipinski definition) is 1. The Labute approximate surface area is 107 Å². The van der Waals surface area contributed by atoms with Crippen LogP contribution in [0.2, 0.25) is 0 Å². The standard InChI is InChI=1S/C13H19NO4/c1-8-5-12(17-3)9(6-11(8)16-2)10(14)7-13(15)18-4/h5-6,10H,7,14H2,1-4H3. The van der Waals surface area contributed by atoms with Crippen LogP contribution in [0, 0.1) is 6.92 Å². The Morgan fingerprint density at radius 1 is 1.22 bits per heavy atom. The van der Waals surface area contributed by atoms with Gasteiger partial charge in [-0.2, -0.15) is 0 Å². The van der Waals surface area contributed by atoms with Crippen molar-refractivity contribution in [2.45, 2.75) is 19.4 Å². The minimum atomic E-state index is -0.484. The number of nitrogens with two attached hydrogens (primary N) is 1. The lowest BCUT2D eigenvalue weighted by atomic mass is 10.0. The lowest BCUT2D eigenvalue weighted by molar-refractivity contribution is -0.141. The fourth-order valence-electron chi connectivity index (χ4n) is 1.74. The molecular formula is C13H19NO4. The van der Waals surface area contributed by atoms with E-state index in [4.69, 9.17) is 15.2 Å². The van der Waals surface area contributed by atoms with E-state index in [0.29, 0.717) is 11.5 Å². The van der Waals surface area contributed by atoms with Gasteiger partial charge in [-0.05, 0) is 24.6 Å². The van der Waals surface area contributed by atoms with Crippen LogP contribution in [0.4, 0.5) is 0 Å². The minimum absolute atomic E-state index is 0.0963. The van der Waals surface area contributed by atoms with Gasteiger partial charge in [0, 0.05) is 11.6 Å². The largest absolute Gasteiger partial charge is 0.496 e. The first-order chi connectivity index (χ1) is 8.53. The van der Waals surface area contributed by atoms with Crippen molar-refractivity contribution in [1.29, 1.82) is 0 Å². The van der Waals surface area contributed by atoms with Gasteiger partial charge in [-0.15, -0.1) is 0 Å². The number of benzene rings is 1. The zero-order chi connectivity index (χ0) is 13.7. The van der Waals surface area contributed by atoms with E-state index in [0.717, 1.165) is 11.1 Å². The highest BCUT2D eigenvalue weighted by molar-refractivity contribution is 5.70. The van der Waals surface area contributed by atoms with Gasteiger partial charge in [-0.25, -0.2) is 0 Å². The molecule has 2 N–H and O–H groups in total. The smallest absolute Gasteiger partial charge is 0.307 e. The van der Waals surface area contributed by atoms with Gasteiger partial charge >= 0.3 is 5.97 Å². The maximum Gasteiger partial charge on any atom is 0.307 e. The van der Waals surface area contributed by atoms with Crippen molar-refractivity contribution >= 4 is 5.97 Å². The fraction of sp³-hybridized carbons (Fsp3) is 0.462. The van der Waals surface area contributed by atoms with Gasteiger partial charge in [0.25, 0.3) is 0 Å². The summed E-state index contributed by atoms with van der Waals surface area (Å²) in [6, 6.07) is 3.15.